The maximum absolute atomic E-state index is 13.0. The zero-order valence-electron chi connectivity index (χ0n) is 18.6. The maximum Gasteiger partial charge on any atom is 0.490 e. The summed E-state index contributed by atoms with van der Waals surface area (Å²) >= 11 is 0. The van der Waals surface area contributed by atoms with Gasteiger partial charge in [-0.05, 0) is 50.5 Å². The van der Waals surface area contributed by atoms with E-state index in [1.54, 1.807) is 0 Å². The Morgan fingerprint density at radius 1 is 1.21 bits per heavy atom. The Bertz CT molecular complexity index is 853. The molecule has 11 heteroatoms. The van der Waals surface area contributed by atoms with Gasteiger partial charge in [0.1, 0.15) is 5.69 Å². The first-order chi connectivity index (χ1) is 15.7. The summed E-state index contributed by atoms with van der Waals surface area (Å²) in [6.45, 7) is 6.58. The molecular formula is C22H31F3N4O4. The van der Waals surface area contributed by atoms with Crippen molar-refractivity contribution in [1.82, 2.24) is 20.0 Å². The molecule has 1 unspecified atom stereocenters. The number of rotatable bonds is 4. The van der Waals surface area contributed by atoms with Crippen LogP contribution in [-0.2, 0) is 9.53 Å². The molecule has 1 aromatic heterocycles. The van der Waals surface area contributed by atoms with Crippen LogP contribution in [0, 0.1) is 11.3 Å². The second kappa shape index (κ2) is 9.61. The molecule has 2 saturated heterocycles. The fourth-order valence-electron chi connectivity index (χ4n) is 4.74. The normalized spacial score (nSPS) is 26.5. The summed E-state index contributed by atoms with van der Waals surface area (Å²) in [6, 6.07) is 1.98. The summed E-state index contributed by atoms with van der Waals surface area (Å²) in [7, 11) is 0. The SMILES string of the molecule is O=C(O)C(F)(F)F.O=C(c1cc(C2CC2)[nH]n1)N1CCCC2(COCCN(CC3CC3)C2)C1. The molecule has 8 nitrogen and oxygen atoms in total. The molecule has 5 rings (SSSR count). The van der Waals surface area contributed by atoms with Crippen molar-refractivity contribution in [3.05, 3.63) is 17.5 Å². The van der Waals surface area contributed by atoms with Gasteiger partial charge < -0.3 is 19.6 Å². The molecule has 0 bridgehead atoms. The number of carbonyl (C=O) groups is 2. The molecule has 1 amide bonds. The minimum atomic E-state index is -5.08. The molecule has 3 heterocycles. The number of aromatic nitrogens is 2. The van der Waals surface area contributed by atoms with Gasteiger partial charge in [-0.2, -0.15) is 18.3 Å². The number of ether oxygens (including phenoxy) is 1. The van der Waals surface area contributed by atoms with Crippen LogP contribution in [0.2, 0.25) is 0 Å². The van der Waals surface area contributed by atoms with Crippen LogP contribution < -0.4 is 0 Å². The molecular weight excluding hydrogens is 441 g/mol. The summed E-state index contributed by atoms with van der Waals surface area (Å²) < 4.78 is 37.7. The zero-order valence-corrected chi connectivity index (χ0v) is 18.6. The Kier molecular flexibility index (Phi) is 6.99. The number of aromatic amines is 1. The standard InChI is InChI=1S/C20H30N4O2.C2HF3O2/c25-19(18-10-17(21-22-18)16-4-5-16)24-7-1-6-20(13-24)12-23(8-9-26-14-20)11-15-2-3-15;3-2(4,5)1(6)7/h10,15-16H,1-9,11-14H2,(H,21,22);(H,6,7). The zero-order chi connectivity index (χ0) is 23.6. The smallest absolute Gasteiger partial charge is 0.475 e. The predicted molar refractivity (Wildman–Crippen MR) is 112 cm³/mol. The van der Waals surface area contributed by atoms with Crippen molar-refractivity contribution in [2.24, 2.45) is 11.3 Å². The molecule has 0 aromatic carbocycles. The van der Waals surface area contributed by atoms with Gasteiger partial charge in [0.25, 0.3) is 5.91 Å². The number of nitrogens with one attached hydrogen (secondary N) is 1. The summed E-state index contributed by atoms with van der Waals surface area (Å²) in [6.07, 6.45) is 2.35. The van der Waals surface area contributed by atoms with E-state index >= 15 is 0 Å². The fraction of sp³-hybridized carbons (Fsp3) is 0.773. The van der Waals surface area contributed by atoms with Crippen LogP contribution in [0.25, 0.3) is 0 Å². The van der Waals surface area contributed by atoms with Gasteiger partial charge in [0.05, 0.1) is 13.2 Å². The second-order valence-corrected chi connectivity index (χ2v) is 9.85. The fourth-order valence-corrected chi connectivity index (χ4v) is 4.74. The van der Waals surface area contributed by atoms with Gasteiger partial charge >= 0.3 is 12.1 Å². The van der Waals surface area contributed by atoms with Gasteiger partial charge in [-0.1, -0.05) is 0 Å². The van der Waals surface area contributed by atoms with E-state index < -0.39 is 12.1 Å². The second-order valence-electron chi connectivity index (χ2n) is 9.85. The van der Waals surface area contributed by atoms with Crippen LogP contribution in [0.5, 0.6) is 0 Å². The molecule has 1 aromatic rings. The third-order valence-corrected chi connectivity index (χ3v) is 6.76. The van der Waals surface area contributed by atoms with E-state index in [0.717, 1.165) is 63.8 Å². The number of carboxylic acid groups (broad SMARTS) is 1. The molecule has 4 aliphatic rings. The summed E-state index contributed by atoms with van der Waals surface area (Å²) in [4.78, 5) is 26.5. The molecule has 2 aliphatic carbocycles. The summed E-state index contributed by atoms with van der Waals surface area (Å²) in [5.74, 6) is -1.17. The largest absolute Gasteiger partial charge is 0.490 e. The predicted octanol–water partition coefficient (Wildman–Crippen LogP) is 2.89. The van der Waals surface area contributed by atoms with E-state index in [9.17, 15) is 18.0 Å². The highest BCUT2D eigenvalue weighted by atomic mass is 19.4. The number of alkyl halides is 3. The highest BCUT2D eigenvalue weighted by Crippen LogP contribution is 2.39. The number of hydrogen-bond acceptors (Lipinski definition) is 5. The Morgan fingerprint density at radius 2 is 1.94 bits per heavy atom. The molecule has 33 heavy (non-hydrogen) atoms. The van der Waals surface area contributed by atoms with Crippen LogP contribution in [0.1, 0.15) is 60.6 Å². The minimum absolute atomic E-state index is 0.0882. The average molecular weight is 473 g/mol. The molecule has 184 valence electrons. The minimum Gasteiger partial charge on any atom is -0.475 e. The monoisotopic (exact) mass is 472 g/mol. The molecule has 1 spiro atoms. The van der Waals surface area contributed by atoms with Crippen molar-refractivity contribution in [2.75, 3.05) is 45.9 Å². The number of amides is 1. The van der Waals surface area contributed by atoms with Crippen molar-refractivity contribution in [3.8, 4) is 0 Å². The molecule has 0 radical (unpaired) electrons. The van der Waals surface area contributed by atoms with Crippen LogP contribution in [0.3, 0.4) is 0 Å². The van der Waals surface area contributed by atoms with Gasteiger partial charge in [0.15, 0.2) is 0 Å². The van der Waals surface area contributed by atoms with Crippen molar-refractivity contribution < 1.29 is 32.6 Å². The lowest BCUT2D eigenvalue weighted by atomic mass is 9.80. The van der Waals surface area contributed by atoms with Gasteiger partial charge in [0, 0.05) is 49.8 Å². The van der Waals surface area contributed by atoms with Crippen LogP contribution in [-0.4, -0.2) is 89.1 Å². The highest BCUT2D eigenvalue weighted by molar-refractivity contribution is 5.92. The van der Waals surface area contributed by atoms with Crippen molar-refractivity contribution in [2.45, 2.75) is 50.6 Å². The maximum atomic E-state index is 13.0. The van der Waals surface area contributed by atoms with Gasteiger partial charge in [-0.25, -0.2) is 4.79 Å². The van der Waals surface area contributed by atoms with E-state index in [0.29, 0.717) is 11.6 Å². The number of carbonyl (C=O) groups excluding carboxylic acids is 1. The number of aliphatic carboxylic acids is 1. The lowest BCUT2D eigenvalue weighted by Crippen LogP contribution is -2.52. The van der Waals surface area contributed by atoms with Gasteiger partial charge in [-0.3, -0.25) is 9.89 Å². The third-order valence-electron chi connectivity index (χ3n) is 6.76. The number of halogens is 3. The number of nitrogens with zero attached hydrogens (tertiary/aromatic N) is 3. The van der Waals surface area contributed by atoms with Crippen LogP contribution in [0.4, 0.5) is 13.2 Å². The van der Waals surface area contributed by atoms with E-state index in [4.69, 9.17) is 14.6 Å². The van der Waals surface area contributed by atoms with E-state index in [1.165, 1.54) is 32.2 Å². The Labute approximate surface area is 190 Å². The van der Waals surface area contributed by atoms with Gasteiger partial charge in [0.2, 0.25) is 0 Å². The average Bonchev–Trinajstić information content (AvgIpc) is 3.70. The number of piperidine rings is 1. The van der Waals surface area contributed by atoms with Crippen LogP contribution >= 0.6 is 0 Å². The first-order valence-electron chi connectivity index (χ1n) is 11.6. The van der Waals surface area contributed by atoms with Gasteiger partial charge in [-0.15, -0.1) is 0 Å². The molecule has 2 N–H and O–H groups in total. The first-order valence-corrected chi connectivity index (χ1v) is 11.6. The topological polar surface area (TPSA) is 98.8 Å². The molecule has 4 fully saturated rings. The first kappa shape index (κ1) is 24.0. The molecule has 2 saturated carbocycles. The number of carboxylic acids is 1. The lowest BCUT2D eigenvalue weighted by Gasteiger charge is -2.43. The van der Waals surface area contributed by atoms with E-state index in [-0.39, 0.29) is 11.3 Å². The molecule has 2 aliphatic heterocycles. The van der Waals surface area contributed by atoms with E-state index in [1.807, 2.05) is 11.0 Å². The Balaban J connectivity index is 0.000000325. The summed E-state index contributed by atoms with van der Waals surface area (Å²) in [5.41, 5.74) is 1.82. The van der Waals surface area contributed by atoms with Crippen molar-refractivity contribution in [1.29, 1.82) is 0 Å². The number of H-pyrrole nitrogens is 1. The van der Waals surface area contributed by atoms with Crippen molar-refractivity contribution in [3.63, 3.8) is 0 Å². The molecule has 1 atom stereocenters. The van der Waals surface area contributed by atoms with Crippen LogP contribution in [0.15, 0.2) is 6.07 Å². The van der Waals surface area contributed by atoms with E-state index in [2.05, 4.69) is 15.1 Å². The number of likely N-dealkylation sites (tertiary alicyclic amines) is 1. The highest BCUT2D eigenvalue weighted by Gasteiger charge is 2.42. The third kappa shape index (κ3) is 6.47. The Hall–Kier alpha value is -2.14. The number of hydrogen-bond donors (Lipinski definition) is 2. The lowest BCUT2D eigenvalue weighted by molar-refractivity contribution is -0.192. The quantitative estimate of drug-likeness (QED) is 0.699. The van der Waals surface area contributed by atoms with Crippen molar-refractivity contribution >= 4 is 11.9 Å². The Morgan fingerprint density at radius 3 is 2.58 bits per heavy atom. The summed E-state index contributed by atoms with van der Waals surface area (Å²) in [5, 5.41) is 14.5.